The van der Waals surface area contributed by atoms with Gasteiger partial charge in [-0.2, -0.15) is 5.10 Å². The molecule has 1 N–H and O–H groups in total. The van der Waals surface area contributed by atoms with Crippen LogP contribution in [0.3, 0.4) is 0 Å². The van der Waals surface area contributed by atoms with Gasteiger partial charge in [0, 0.05) is 0 Å². The molecule has 0 bridgehead atoms. The molecule has 0 saturated carbocycles. The summed E-state index contributed by atoms with van der Waals surface area (Å²) in [7, 11) is 0. The van der Waals surface area contributed by atoms with Crippen LogP contribution in [0, 0.1) is 0 Å². The van der Waals surface area contributed by atoms with E-state index in [1.165, 1.54) is 11.8 Å². The summed E-state index contributed by atoms with van der Waals surface area (Å²) in [4.78, 5) is 19.2. The van der Waals surface area contributed by atoms with Gasteiger partial charge in [-0.3, -0.25) is 4.79 Å². The SMILES string of the molecule is CCSc1nc2c(cnn2-c2ccccc2)c(=O)[nH]1. The molecule has 0 aliphatic rings. The van der Waals surface area contributed by atoms with Crippen LogP contribution in [0.4, 0.5) is 0 Å². The fraction of sp³-hybridized carbons (Fsp3) is 0.154. The van der Waals surface area contributed by atoms with Crippen LogP contribution >= 0.6 is 11.8 Å². The Morgan fingerprint density at radius 2 is 2.11 bits per heavy atom. The Morgan fingerprint density at radius 1 is 1.32 bits per heavy atom. The van der Waals surface area contributed by atoms with Crippen LogP contribution in [0.15, 0.2) is 46.5 Å². The van der Waals surface area contributed by atoms with Crippen LogP contribution in [-0.2, 0) is 0 Å². The summed E-state index contributed by atoms with van der Waals surface area (Å²) in [6, 6.07) is 9.66. The van der Waals surface area contributed by atoms with Crippen LogP contribution in [0.2, 0.25) is 0 Å². The van der Waals surface area contributed by atoms with Crippen LogP contribution in [0.25, 0.3) is 16.7 Å². The molecule has 0 aliphatic heterocycles. The molecule has 0 amide bonds. The third-order valence-corrected chi connectivity index (χ3v) is 3.45. The summed E-state index contributed by atoms with van der Waals surface area (Å²) in [5, 5.41) is 5.38. The molecule has 0 saturated heterocycles. The van der Waals surface area contributed by atoms with Crippen molar-refractivity contribution in [2.75, 3.05) is 5.75 Å². The molecule has 3 rings (SSSR count). The molecule has 2 heterocycles. The van der Waals surface area contributed by atoms with Gasteiger partial charge in [0.1, 0.15) is 5.39 Å². The van der Waals surface area contributed by atoms with Gasteiger partial charge in [0.2, 0.25) is 0 Å². The van der Waals surface area contributed by atoms with Gasteiger partial charge in [0.25, 0.3) is 5.56 Å². The lowest BCUT2D eigenvalue weighted by molar-refractivity contribution is 0.873. The lowest BCUT2D eigenvalue weighted by atomic mass is 10.3. The number of aromatic nitrogens is 4. The molecule has 0 unspecified atom stereocenters. The summed E-state index contributed by atoms with van der Waals surface area (Å²) in [6.07, 6.45) is 1.55. The number of para-hydroxylation sites is 1. The monoisotopic (exact) mass is 272 g/mol. The molecule has 0 atom stereocenters. The molecule has 0 spiro atoms. The maximum absolute atomic E-state index is 12.0. The number of H-pyrrole nitrogens is 1. The van der Waals surface area contributed by atoms with Gasteiger partial charge in [0.05, 0.1) is 11.9 Å². The zero-order valence-corrected chi connectivity index (χ0v) is 11.1. The number of hydrogen-bond donors (Lipinski definition) is 1. The Morgan fingerprint density at radius 3 is 2.84 bits per heavy atom. The second-order valence-corrected chi connectivity index (χ2v) is 5.19. The number of nitrogens with zero attached hydrogens (tertiary/aromatic N) is 3. The van der Waals surface area contributed by atoms with Crippen LogP contribution in [0.5, 0.6) is 0 Å². The van der Waals surface area contributed by atoms with E-state index in [1.54, 1.807) is 10.9 Å². The highest BCUT2D eigenvalue weighted by atomic mass is 32.2. The fourth-order valence-corrected chi connectivity index (χ4v) is 2.45. The molecule has 0 fully saturated rings. The van der Waals surface area contributed by atoms with Crippen LogP contribution in [0.1, 0.15) is 6.92 Å². The number of aromatic amines is 1. The molecular formula is C13H12N4OS. The zero-order chi connectivity index (χ0) is 13.2. The molecule has 1 aromatic carbocycles. The molecule has 0 aliphatic carbocycles. The Kier molecular flexibility index (Phi) is 3.08. The highest BCUT2D eigenvalue weighted by molar-refractivity contribution is 7.99. The first-order valence-electron chi connectivity index (χ1n) is 5.96. The van der Waals surface area contributed by atoms with E-state index in [9.17, 15) is 4.79 Å². The second kappa shape index (κ2) is 4.89. The molecule has 2 aromatic heterocycles. The molecule has 96 valence electrons. The highest BCUT2D eigenvalue weighted by Gasteiger charge is 2.11. The van der Waals surface area contributed by atoms with Gasteiger partial charge in [0.15, 0.2) is 10.8 Å². The predicted octanol–water partition coefficient (Wildman–Crippen LogP) is 2.22. The highest BCUT2D eigenvalue weighted by Crippen LogP contribution is 2.17. The summed E-state index contributed by atoms with van der Waals surface area (Å²) in [5.74, 6) is 0.855. The largest absolute Gasteiger partial charge is 0.301 e. The number of thioether (sulfide) groups is 1. The van der Waals surface area contributed by atoms with E-state index >= 15 is 0 Å². The quantitative estimate of drug-likeness (QED) is 0.586. The maximum Gasteiger partial charge on any atom is 0.262 e. The van der Waals surface area contributed by atoms with Gasteiger partial charge in [-0.1, -0.05) is 36.9 Å². The minimum atomic E-state index is -0.150. The minimum Gasteiger partial charge on any atom is -0.301 e. The molecule has 19 heavy (non-hydrogen) atoms. The Balaban J connectivity index is 2.24. The van der Waals surface area contributed by atoms with Gasteiger partial charge in [-0.15, -0.1) is 0 Å². The van der Waals surface area contributed by atoms with Crippen molar-refractivity contribution in [2.24, 2.45) is 0 Å². The first kappa shape index (κ1) is 12.0. The fourth-order valence-electron chi connectivity index (χ4n) is 1.86. The molecule has 5 nitrogen and oxygen atoms in total. The van der Waals surface area contributed by atoms with E-state index in [0.29, 0.717) is 16.2 Å². The van der Waals surface area contributed by atoms with E-state index in [4.69, 9.17) is 0 Å². The Labute approximate surface area is 113 Å². The number of nitrogens with one attached hydrogen (secondary N) is 1. The third-order valence-electron chi connectivity index (χ3n) is 2.70. The first-order valence-corrected chi connectivity index (χ1v) is 6.94. The predicted molar refractivity (Wildman–Crippen MR) is 75.9 cm³/mol. The van der Waals surface area contributed by atoms with E-state index < -0.39 is 0 Å². The van der Waals surface area contributed by atoms with E-state index in [2.05, 4.69) is 15.1 Å². The summed E-state index contributed by atoms with van der Waals surface area (Å²) in [5.41, 5.74) is 1.33. The van der Waals surface area contributed by atoms with E-state index in [0.717, 1.165) is 11.4 Å². The van der Waals surface area contributed by atoms with Gasteiger partial charge < -0.3 is 4.98 Å². The zero-order valence-electron chi connectivity index (χ0n) is 10.3. The summed E-state index contributed by atoms with van der Waals surface area (Å²) >= 11 is 1.50. The number of benzene rings is 1. The van der Waals surface area contributed by atoms with Crippen molar-refractivity contribution in [2.45, 2.75) is 12.1 Å². The van der Waals surface area contributed by atoms with Crippen molar-refractivity contribution in [3.63, 3.8) is 0 Å². The van der Waals surface area contributed by atoms with Crippen LogP contribution in [-0.4, -0.2) is 25.5 Å². The Hall–Kier alpha value is -2.08. The number of rotatable bonds is 3. The standard InChI is InChI=1S/C13H12N4OS/c1-2-19-13-15-11-10(12(18)16-13)8-14-17(11)9-6-4-3-5-7-9/h3-8H,2H2,1H3,(H,15,16,18). The van der Waals surface area contributed by atoms with Crippen molar-refractivity contribution in [3.05, 3.63) is 46.9 Å². The number of hydrogen-bond acceptors (Lipinski definition) is 4. The molecular weight excluding hydrogens is 260 g/mol. The maximum atomic E-state index is 12.0. The van der Waals surface area contributed by atoms with E-state index in [1.807, 2.05) is 37.3 Å². The first-order chi connectivity index (χ1) is 9.29. The average molecular weight is 272 g/mol. The summed E-state index contributed by atoms with van der Waals surface area (Å²) < 4.78 is 1.68. The van der Waals surface area contributed by atoms with Gasteiger partial charge in [-0.05, 0) is 17.9 Å². The smallest absolute Gasteiger partial charge is 0.262 e. The lowest BCUT2D eigenvalue weighted by Crippen LogP contribution is -2.09. The second-order valence-electron chi connectivity index (χ2n) is 3.93. The lowest BCUT2D eigenvalue weighted by Gasteiger charge is -2.03. The minimum absolute atomic E-state index is 0.150. The third kappa shape index (κ3) is 2.15. The van der Waals surface area contributed by atoms with Crippen LogP contribution < -0.4 is 5.56 Å². The van der Waals surface area contributed by atoms with E-state index in [-0.39, 0.29) is 5.56 Å². The van der Waals surface area contributed by atoms with Crippen molar-refractivity contribution in [3.8, 4) is 5.69 Å². The molecule has 3 aromatic rings. The topological polar surface area (TPSA) is 63.6 Å². The van der Waals surface area contributed by atoms with Crippen molar-refractivity contribution < 1.29 is 0 Å². The van der Waals surface area contributed by atoms with Crippen molar-refractivity contribution in [1.82, 2.24) is 19.7 Å². The average Bonchev–Trinajstić information content (AvgIpc) is 2.84. The molecule has 0 radical (unpaired) electrons. The number of fused-ring (bicyclic) bond motifs is 1. The van der Waals surface area contributed by atoms with Crippen molar-refractivity contribution >= 4 is 22.8 Å². The van der Waals surface area contributed by atoms with Gasteiger partial charge in [-0.25, -0.2) is 9.67 Å². The van der Waals surface area contributed by atoms with Crippen molar-refractivity contribution in [1.29, 1.82) is 0 Å². The van der Waals surface area contributed by atoms with Gasteiger partial charge >= 0.3 is 0 Å². The Bertz CT molecular complexity index is 763. The summed E-state index contributed by atoms with van der Waals surface area (Å²) in [6.45, 7) is 2.02. The normalized spacial score (nSPS) is 11.0. The molecule has 6 heteroatoms.